The first-order chi connectivity index (χ1) is 16.4. The Morgan fingerprint density at radius 1 is 1.06 bits per heavy atom. The number of benzene rings is 2. The number of aromatic nitrogens is 1. The summed E-state index contributed by atoms with van der Waals surface area (Å²) in [7, 11) is 0. The summed E-state index contributed by atoms with van der Waals surface area (Å²) in [6.07, 6.45) is 3.49. The Hall–Kier alpha value is -3.16. The summed E-state index contributed by atoms with van der Waals surface area (Å²) in [5.41, 5.74) is 5.50. The number of pyridine rings is 1. The molecule has 3 aromatic rings. The van der Waals surface area contributed by atoms with Crippen LogP contribution in [0.3, 0.4) is 0 Å². The number of nitrogens with one attached hydrogen (secondary N) is 1. The highest BCUT2D eigenvalue weighted by molar-refractivity contribution is 8.18. The van der Waals surface area contributed by atoms with Gasteiger partial charge in [0.2, 0.25) is 0 Å². The number of anilines is 1. The summed E-state index contributed by atoms with van der Waals surface area (Å²) in [5, 5.41) is 4.04. The van der Waals surface area contributed by atoms with Crippen LogP contribution in [0.25, 0.3) is 28.0 Å². The first-order valence-corrected chi connectivity index (χ1v) is 12.4. The normalized spacial score (nSPS) is 18.4. The van der Waals surface area contributed by atoms with Crippen LogP contribution in [-0.2, 0) is 4.79 Å². The quantitative estimate of drug-likeness (QED) is 0.535. The number of amides is 2. The minimum absolute atomic E-state index is 0.348. The molecule has 2 amide bonds. The zero-order valence-electron chi connectivity index (χ0n) is 19.7. The fraction of sp³-hybridized carbons (Fsp3) is 0.296. The van der Waals surface area contributed by atoms with Gasteiger partial charge in [-0.15, -0.1) is 0 Å². The molecule has 7 heteroatoms. The number of carbonyl (C=O) groups is 2. The summed E-state index contributed by atoms with van der Waals surface area (Å²) >= 11 is 0.907. The van der Waals surface area contributed by atoms with Crippen molar-refractivity contribution in [2.75, 3.05) is 31.1 Å². The Balaban J connectivity index is 1.46. The van der Waals surface area contributed by atoms with E-state index in [1.165, 1.54) is 11.3 Å². The third-order valence-corrected chi connectivity index (χ3v) is 7.41. The van der Waals surface area contributed by atoms with Gasteiger partial charge in [0.05, 0.1) is 10.6 Å². The van der Waals surface area contributed by atoms with Gasteiger partial charge in [-0.25, -0.2) is 0 Å². The van der Waals surface area contributed by atoms with Crippen LogP contribution in [-0.4, -0.2) is 53.3 Å². The number of rotatable bonds is 4. The number of nitrogens with zero attached hydrogens (tertiary/aromatic N) is 3. The van der Waals surface area contributed by atoms with E-state index in [9.17, 15) is 9.59 Å². The molecular formula is C27H28N4O2S. The molecule has 2 aromatic carbocycles. The molecule has 2 fully saturated rings. The average molecular weight is 473 g/mol. The van der Waals surface area contributed by atoms with Gasteiger partial charge < -0.3 is 4.90 Å². The summed E-state index contributed by atoms with van der Waals surface area (Å²) in [6, 6.07) is 15.5. The van der Waals surface area contributed by atoms with Gasteiger partial charge >= 0.3 is 0 Å². The van der Waals surface area contributed by atoms with E-state index in [0.717, 1.165) is 59.8 Å². The van der Waals surface area contributed by atoms with Crippen LogP contribution >= 0.6 is 11.8 Å². The van der Waals surface area contributed by atoms with Crippen LogP contribution in [0, 0.1) is 6.92 Å². The Morgan fingerprint density at radius 3 is 2.53 bits per heavy atom. The summed E-state index contributed by atoms with van der Waals surface area (Å²) in [6.45, 7) is 11.0. The lowest BCUT2D eigenvalue weighted by atomic mass is 9.96. The zero-order valence-corrected chi connectivity index (χ0v) is 20.5. The second-order valence-electron chi connectivity index (χ2n) is 9.11. The van der Waals surface area contributed by atoms with Crippen molar-refractivity contribution in [3.05, 3.63) is 64.8 Å². The second kappa shape index (κ2) is 9.24. The molecule has 0 atom stereocenters. The molecule has 1 aromatic heterocycles. The molecule has 2 aliphatic rings. The van der Waals surface area contributed by atoms with Gasteiger partial charge in [-0.2, -0.15) is 0 Å². The van der Waals surface area contributed by atoms with E-state index in [0.29, 0.717) is 16.6 Å². The Kier molecular flexibility index (Phi) is 6.15. The van der Waals surface area contributed by atoms with Gasteiger partial charge in [0.25, 0.3) is 11.1 Å². The van der Waals surface area contributed by atoms with Crippen LogP contribution in [0.1, 0.15) is 25.1 Å². The fourth-order valence-electron chi connectivity index (χ4n) is 4.73. The Bertz CT molecular complexity index is 1310. The van der Waals surface area contributed by atoms with Crippen molar-refractivity contribution in [2.24, 2.45) is 0 Å². The molecule has 2 saturated heterocycles. The third kappa shape index (κ3) is 4.45. The monoisotopic (exact) mass is 472 g/mol. The van der Waals surface area contributed by atoms with Crippen molar-refractivity contribution in [3.8, 4) is 11.1 Å². The SMILES string of the molecule is Cc1cc(-c2cccc3cnc(C=C4SC(=O)NC4=O)cc23)ccc1N1CCN(C(C)C)CC1. The maximum absolute atomic E-state index is 11.9. The fourth-order valence-corrected chi connectivity index (χ4v) is 5.40. The minimum atomic E-state index is -0.370. The maximum atomic E-state index is 11.9. The molecule has 0 spiro atoms. The van der Waals surface area contributed by atoms with Gasteiger partial charge in [0.15, 0.2) is 0 Å². The predicted octanol–water partition coefficient (Wildman–Crippen LogP) is 5.06. The maximum Gasteiger partial charge on any atom is 0.290 e. The number of carbonyl (C=O) groups excluding carboxylic acids is 2. The summed E-state index contributed by atoms with van der Waals surface area (Å²) < 4.78 is 0. The van der Waals surface area contributed by atoms with Crippen molar-refractivity contribution in [1.29, 1.82) is 0 Å². The lowest BCUT2D eigenvalue weighted by Crippen LogP contribution is -2.49. The molecule has 0 saturated carbocycles. The number of fused-ring (bicyclic) bond motifs is 1. The van der Waals surface area contributed by atoms with E-state index in [-0.39, 0.29) is 11.1 Å². The highest BCUT2D eigenvalue weighted by Gasteiger charge is 2.25. The van der Waals surface area contributed by atoms with Crippen molar-refractivity contribution in [2.45, 2.75) is 26.8 Å². The molecule has 0 bridgehead atoms. The van der Waals surface area contributed by atoms with E-state index < -0.39 is 0 Å². The standard InChI is InChI=1S/C27H28N4O2S/c1-17(2)30-9-11-31(12-10-30)24-8-7-19(13-18(24)3)22-6-4-5-20-16-28-21(14-23(20)22)15-25-26(32)29-27(33)34-25/h4-8,13-17H,9-12H2,1-3H3,(H,29,32,33). The number of aryl methyl sites for hydroxylation is 1. The molecule has 6 nitrogen and oxygen atoms in total. The van der Waals surface area contributed by atoms with Gasteiger partial charge in [0.1, 0.15) is 0 Å². The lowest BCUT2D eigenvalue weighted by Gasteiger charge is -2.38. The molecule has 0 radical (unpaired) electrons. The van der Waals surface area contributed by atoms with Crippen molar-refractivity contribution in [3.63, 3.8) is 0 Å². The van der Waals surface area contributed by atoms with Crippen LogP contribution in [0.4, 0.5) is 10.5 Å². The zero-order chi connectivity index (χ0) is 23.8. The molecule has 0 aliphatic carbocycles. The minimum Gasteiger partial charge on any atom is -0.369 e. The topological polar surface area (TPSA) is 65.5 Å². The number of thioether (sulfide) groups is 1. The molecule has 5 rings (SSSR count). The highest BCUT2D eigenvalue weighted by atomic mass is 32.2. The van der Waals surface area contributed by atoms with E-state index in [1.807, 2.05) is 24.4 Å². The van der Waals surface area contributed by atoms with E-state index in [1.54, 1.807) is 6.08 Å². The highest BCUT2D eigenvalue weighted by Crippen LogP contribution is 2.33. The molecule has 174 valence electrons. The molecule has 1 N–H and O–H groups in total. The smallest absolute Gasteiger partial charge is 0.290 e. The first-order valence-electron chi connectivity index (χ1n) is 11.6. The number of piperazine rings is 1. The van der Waals surface area contributed by atoms with Crippen molar-refractivity contribution >= 4 is 45.4 Å². The predicted molar refractivity (Wildman–Crippen MR) is 140 cm³/mol. The third-order valence-electron chi connectivity index (χ3n) is 6.60. The largest absolute Gasteiger partial charge is 0.369 e. The number of hydrogen-bond acceptors (Lipinski definition) is 6. The van der Waals surface area contributed by atoms with Crippen LogP contribution in [0.5, 0.6) is 0 Å². The second-order valence-corrected chi connectivity index (χ2v) is 10.1. The van der Waals surface area contributed by atoms with Crippen molar-refractivity contribution in [1.82, 2.24) is 15.2 Å². The van der Waals surface area contributed by atoms with Crippen LogP contribution < -0.4 is 10.2 Å². The van der Waals surface area contributed by atoms with Gasteiger partial charge in [-0.1, -0.05) is 24.3 Å². The Morgan fingerprint density at radius 2 is 1.85 bits per heavy atom. The number of hydrogen-bond donors (Lipinski definition) is 1. The Labute approximate surface area is 204 Å². The lowest BCUT2D eigenvalue weighted by molar-refractivity contribution is -0.115. The van der Waals surface area contributed by atoms with E-state index in [2.05, 4.69) is 65.1 Å². The van der Waals surface area contributed by atoms with Gasteiger partial charge in [-0.05, 0) is 78.9 Å². The van der Waals surface area contributed by atoms with E-state index >= 15 is 0 Å². The van der Waals surface area contributed by atoms with E-state index in [4.69, 9.17) is 0 Å². The van der Waals surface area contributed by atoms with Crippen LogP contribution in [0.2, 0.25) is 0 Å². The molecule has 34 heavy (non-hydrogen) atoms. The summed E-state index contributed by atoms with van der Waals surface area (Å²) in [4.78, 5) is 33.3. The number of imide groups is 1. The molecule has 2 aliphatic heterocycles. The van der Waals surface area contributed by atoms with Crippen molar-refractivity contribution < 1.29 is 9.59 Å². The van der Waals surface area contributed by atoms with Crippen LogP contribution in [0.15, 0.2) is 53.6 Å². The molecule has 3 heterocycles. The van der Waals surface area contributed by atoms with Gasteiger partial charge in [-0.3, -0.25) is 24.8 Å². The molecular weight excluding hydrogens is 444 g/mol. The molecule has 0 unspecified atom stereocenters. The average Bonchev–Trinajstić information content (AvgIpc) is 3.15. The first kappa shape index (κ1) is 22.6. The van der Waals surface area contributed by atoms with Gasteiger partial charge in [0, 0.05) is 49.5 Å². The summed E-state index contributed by atoms with van der Waals surface area (Å²) in [5.74, 6) is -0.370.